The van der Waals surface area contributed by atoms with E-state index in [9.17, 15) is 5.11 Å². The molecule has 0 aromatic heterocycles. The van der Waals surface area contributed by atoms with E-state index in [4.69, 9.17) is 23.2 Å². The summed E-state index contributed by atoms with van der Waals surface area (Å²) in [6, 6.07) is 15.8. The number of rotatable bonds is 6. The monoisotopic (exact) mass is 308 g/mol. The summed E-state index contributed by atoms with van der Waals surface area (Å²) in [5, 5.41) is 11.2. The van der Waals surface area contributed by atoms with Gasteiger partial charge in [-0.25, -0.2) is 0 Å². The molecule has 0 aliphatic rings. The van der Waals surface area contributed by atoms with E-state index in [1.54, 1.807) is 6.07 Å². The Labute approximate surface area is 130 Å². The molecule has 0 radical (unpaired) electrons. The maximum atomic E-state index is 10.1. The van der Waals surface area contributed by atoms with Gasteiger partial charge in [0.1, 0.15) is 0 Å². The molecule has 1 nitrogen and oxygen atoms in total. The highest BCUT2D eigenvalue weighted by atomic mass is 35.5. The minimum absolute atomic E-state index is 0.380. The van der Waals surface area contributed by atoms with Crippen LogP contribution in [0.15, 0.2) is 48.5 Å². The van der Waals surface area contributed by atoms with Crippen LogP contribution in [0, 0.1) is 0 Å². The molecule has 20 heavy (non-hydrogen) atoms. The van der Waals surface area contributed by atoms with E-state index >= 15 is 0 Å². The van der Waals surface area contributed by atoms with Crippen LogP contribution in [0.25, 0.3) is 0 Å². The third-order valence-electron chi connectivity index (χ3n) is 3.33. The molecular weight excluding hydrogens is 291 g/mol. The van der Waals surface area contributed by atoms with Crippen molar-refractivity contribution in [3.05, 3.63) is 69.7 Å². The number of aliphatic hydroxyl groups excluding tert-OH is 1. The minimum Gasteiger partial charge on any atom is -0.393 e. The molecule has 0 fully saturated rings. The molecule has 0 saturated carbocycles. The Bertz CT molecular complexity index is 540. The summed E-state index contributed by atoms with van der Waals surface area (Å²) in [6.07, 6.45) is 2.88. The van der Waals surface area contributed by atoms with Gasteiger partial charge in [0.2, 0.25) is 0 Å². The molecule has 0 heterocycles. The third kappa shape index (κ3) is 4.52. The lowest BCUT2D eigenvalue weighted by Gasteiger charge is -2.12. The van der Waals surface area contributed by atoms with Crippen molar-refractivity contribution < 1.29 is 5.11 Å². The second-order valence-corrected chi connectivity index (χ2v) is 5.73. The first kappa shape index (κ1) is 15.4. The van der Waals surface area contributed by atoms with Crippen LogP contribution in [-0.4, -0.2) is 11.2 Å². The zero-order valence-corrected chi connectivity index (χ0v) is 12.7. The van der Waals surface area contributed by atoms with E-state index in [0.29, 0.717) is 16.5 Å². The Hall–Kier alpha value is -1.02. The van der Waals surface area contributed by atoms with Crippen LogP contribution in [0.1, 0.15) is 24.0 Å². The largest absolute Gasteiger partial charge is 0.393 e. The lowest BCUT2D eigenvalue weighted by molar-refractivity contribution is 0.162. The predicted octanol–water partition coefficient (Wildman–Crippen LogP) is 4.92. The zero-order valence-electron chi connectivity index (χ0n) is 11.2. The van der Waals surface area contributed by atoms with Gasteiger partial charge in [0, 0.05) is 0 Å². The van der Waals surface area contributed by atoms with Gasteiger partial charge in [-0.3, -0.25) is 0 Å². The molecule has 2 aromatic carbocycles. The van der Waals surface area contributed by atoms with Crippen LogP contribution in [0.4, 0.5) is 0 Å². The predicted molar refractivity (Wildman–Crippen MR) is 85.6 cm³/mol. The van der Waals surface area contributed by atoms with E-state index in [1.165, 1.54) is 5.56 Å². The molecule has 1 unspecified atom stereocenters. The molecular formula is C17H18Cl2O. The van der Waals surface area contributed by atoms with Crippen LogP contribution < -0.4 is 0 Å². The second-order valence-electron chi connectivity index (χ2n) is 4.95. The van der Waals surface area contributed by atoms with Crippen molar-refractivity contribution in [3.8, 4) is 0 Å². The Kier molecular flexibility index (Phi) is 5.90. The Morgan fingerprint density at radius 1 is 0.950 bits per heavy atom. The molecule has 3 heteroatoms. The van der Waals surface area contributed by atoms with Crippen molar-refractivity contribution >= 4 is 23.2 Å². The molecule has 0 amide bonds. The van der Waals surface area contributed by atoms with Crippen LogP contribution in [0.5, 0.6) is 0 Å². The van der Waals surface area contributed by atoms with Crippen LogP contribution in [-0.2, 0) is 12.8 Å². The van der Waals surface area contributed by atoms with Crippen molar-refractivity contribution in [2.45, 2.75) is 31.8 Å². The first-order chi connectivity index (χ1) is 9.66. The van der Waals surface area contributed by atoms with Gasteiger partial charge in [0.15, 0.2) is 0 Å². The number of hydrogen-bond acceptors (Lipinski definition) is 1. The molecule has 1 N–H and O–H groups in total. The topological polar surface area (TPSA) is 20.2 Å². The Morgan fingerprint density at radius 3 is 2.45 bits per heavy atom. The molecule has 0 aliphatic heterocycles. The molecule has 1 atom stereocenters. The van der Waals surface area contributed by atoms with E-state index in [0.717, 1.165) is 24.8 Å². The minimum atomic E-state index is -0.380. The van der Waals surface area contributed by atoms with Gasteiger partial charge in [-0.05, 0) is 42.9 Å². The number of hydrogen-bond donors (Lipinski definition) is 1. The summed E-state index contributed by atoms with van der Waals surface area (Å²) < 4.78 is 0. The maximum Gasteiger partial charge on any atom is 0.0625 e. The van der Waals surface area contributed by atoms with Crippen molar-refractivity contribution in [1.29, 1.82) is 0 Å². The second kappa shape index (κ2) is 7.68. The molecule has 2 aromatic rings. The van der Waals surface area contributed by atoms with Gasteiger partial charge < -0.3 is 5.11 Å². The Balaban J connectivity index is 1.81. The lowest BCUT2D eigenvalue weighted by atomic mass is 10.0. The van der Waals surface area contributed by atoms with E-state index in [-0.39, 0.29) is 6.10 Å². The van der Waals surface area contributed by atoms with E-state index in [1.807, 2.05) is 30.3 Å². The summed E-state index contributed by atoms with van der Waals surface area (Å²) >= 11 is 12.1. The quantitative estimate of drug-likeness (QED) is 0.803. The van der Waals surface area contributed by atoms with Crippen molar-refractivity contribution in [1.82, 2.24) is 0 Å². The smallest absolute Gasteiger partial charge is 0.0625 e. The standard InChI is InChI=1S/C17H18Cl2O/c18-16-11-5-9-14(17(16)19)12-15(20)10-4-8-13-6-2-1-3-7-13/h1-3,5-7,9,11,15,20H,4,8,10,12H2. The van der Waals surface area contributed by atoms with Gasteiger partial charge >= 0.3 is 0 Å². The average Bonchev–Trinajstić information content (AvgIpc) is 2.45. The molecule has 0 aliphatic carbocycles. The average molecular weight is 309 g/mol. The fraction of sp³-hybridized carbons (Fsp3) is 0.294. The van der Waals surface area contributed by atoms with Crippen LogP contribution in [0.2, 0.25) is 10.0 Å². The summed E-state index contributed by atoms with van der Waals surface area (Å²) in [5.41, 5.74) is 2.21. The summed E-state index contributed by atoms with van der Waals surface area (Å²) in [4.78, 5) is 0. The van der Waals surface area contributed by atoms with Gasteiger partial charge in [0.25, 0.3) is 0 Å². The van der Waals surface area contributed by atoms with E-state index in [2.05, 4.69) is 12.1 Å². The number of halogens is 2. The molecule has 0 saturated heterocycles. The zero-order chi connectivity index (χ0) is 14.4. The number of aryl methyl sites for hydroxylation is 1. The molecule has 0 spiro atoms. The van der Waals surface area contributed by atoms with Crippen molar-refractivity contribution in [2.24, 2.45) is 0 Å². The first-order valence-electron chi connectivity index (χ1n) is 6.81. The molecule has 0 bridgehead atoms. The highest BCUT2D eigenvalue weighted by Gasteiger charge is 2.10. The highest BCUT2D eigenvalue weighted by molar-refractivity contribution is 6.42. The van der Waals surface area contributed by atoms with Gasteiger partial charge in [-0.15, -0.1) is 0 Å². The summed E-state index contributed by atoms with van der Waals surface area (Å²) in [5.74, 6) is 0. The summed E-state index contributed by atoms with van der Waals surface area (Å²) in [6.45, 7) is 0. The van der Waals surface area contributed by atoms with Crippen LogP contribution >= 0.6 is 23.2 Å². The van der Waals surface area contributed by atoms with Gasteiger partial charge in [-0.2, -0.15) is 0 Å². The normalized spacial score (nSPS) is 12.3. The summed E-state index contributed by atoms with van der Waals surface area (Å²) in [7, 11) is 0. The fourth-order valence-electron chi connectivity index (χ4n) is 2.25. The SMILES string of the molecule is OC(CCCc1ccccc1)Cc1cccc(Cl)c1Cl. The Morgan fingerprint density at radius 2 is 1.70 bits per heavy atom. The number of aliphatic hydroxyl groups is 1. The van der Waals surface area contributed by atoms with Crippen LogP contribution in [0.3, 0.4) is 0 Å². The maximum absolute atomic E-state index is 10.1. The van der Waals surface area contributed by atoms with Gasteiger partial charge in [-0.1, -0.05) is 65.7 Å². The highest BCUT2D eigenvalue weighted by Crippen LogP contribution is 2.26. The van der Waals surface area contributed by atoms with Crippen molar-refractivity contribution in [2.75, 3.05) is 0 Å². The number of benzene rings is 2. The van der Waals surface area contributed by atoms with E-state index < -0.39 is 0 Å². The molecule has 106 valence electrons. The lowest BCUT2D eigenvalue weighted by Crippen LogP contribution is -2.11. The fourth-order valence-corrected chi connectivity index (χ4v) is 2.65. The van der Waals surface area contributed by atoms with Gasteiger partial charge in [0.05, 0.1) is 16.1 Å². The molecule has 2 rings (SSSR count). The third-order valence-corrected chi connectivity index (χ3v) is 4.19. The van der Waals surface area contributed by atoms with Crippen molar-refractivity contribution in [3.63, 3.8) is 0 Å². The first-order valence-corrected chi connectivity index (χ1v) is 7.57.